The first-order valence-corrected chi connectivity index (χ1v) is 13.7. The van der Waals surface area contributed by atoms with Gasteiger partial charge in [-0.2, -0.15) is 0 Å². The lowest BCUT2D eigenvalue weighted by atomic mass is 9.79. The summed E-state index contributed by atoms with van der Waals surface area (Å²) >= 11 is 0. The topological polar surface area (TPSA) is 97.3 Å². The maximum absolute atomic E-state index is 6.67. The van der Waals surface area contributed by atoms with Gasteiger partial charge in [0.1, 0.15) is 17.3 Å². The Labute approximate surface area is 230 Å². The lowest BCUT2D eigenvalue weighted by Crippen LogP contribution is -2.24. The highest BCUT2D eigenvalue weighted by atomic mass is 16.5. The summed E-state index contributed by atoms with van der Waals surface area (Å²) in [5.41, 5.74) is 11.5. The van der Waals surface area contributed by atoms with E-state index in [0.29, 0.717) is 11.7 Å². The highest BCUT2D eigenvalue weighted by molar-refractivity contribution is 5.91. The number of aromatic nitrogens is 4. The molecule has 39 heavy (non-hydrogen) atoms. The Balaban J connectivity index is 1.54. The van der Waals surface area contributed by atoms with Gasteiger partial charge in [0.15, 0.2) is 0 Å². The number of nitrogens with two attached hydrogens (primary N) is 1. The molecule has 2 N–H and O–H groups in total. The lowest BCUT2D eigenvalue weighted by molar-refractivity contribution is 0.0561. The normalized spacial score (nSPS) is 15.4. The van der Waals surface area contributed by atoms with Crippen LogP contribution in [0.15, 0.2) is 48.7 Å². The fourth-order valence-electron chi connectivity index (χ4n) is 5.56. The fraction of sp³-hybridized carbons (Fsp3) is 0.452. The van der Waals surface area contributed by atoms with E-state index in [1.54, 1.807) is 14.2 Å². The molecule has 0 aliphatic carbocycles. The van der Waals surface area contributed by atoms with Gasteiger partial charge in [-0.3, -0.25) is 4.68 Å². The molecule has 8 nitrogen and oxygen atoms in total. The Bertz CT molecular complexity index is 1440. The molecule has 3 heterocycles. The van der Waals surface area contributed by atoms with Crippen LogP contribution in [-0.2, 0) is 16.7 Å². The van der Waals surface area contributed by atoms with Gasteiger partial charge >= 0.3 is 0 Å². The number of fused-ring (bicyclic) bond motifs is 1. The molecule has 2 aromatic carbocycles. The number of nitrogen functional groups attached to an aromatic ring is 1. The van der Waals surface area contributed by atoms with Crippen LogP contribution in [0.4, 0.5) is 5.82 Å². The summed E-state index contributed by atoms with van der Waals surface area (Å²) in [7, 11) is 3.36. The molecule has 2 aromatic heterocycles. The number of methoxy groups -OCH3 is 2. The third kappa shape index (κ3) is 5.71. The number of para-hydroxylation sites is 1. The Morgan fingerprint density at radius 2 is 1.77 bits per heavy atom. The van der Waals surface area contributed by atoms with Gasteiger partial charge in [-0.1, -0.05) is 44.2 Å². The Hall–Kier alpha value is -3.65. The van der Waals surface area contributed by atoms with Crippen molar-refractivity contribution in [2.24, 2.45) is 5.92 Å². The maximum Gasteiger partial charge on any atom is 0.129 e. The average Bonchev–Trinajstić information content (AvgIpc) is 3.43. The minimum atomic E-state index is -0.0365. The molecule has 8 heteroatoms. The zero-order valence-corrected chi connectivity index (χ0v) is 23.6. The van der Waals surface area contributed by atoms with E-state index in [1.807, 2.05) is 35.0 Å². The van der Waals surface area contributed by atoms with E-state index in [2.05, 4.69) is 49.4 Å². The summed E-state index contributed by atoms with van der Waals surface area (Å²) in [5, 5.41) is 9.85. The van der Waals surface area contributed by atoms with Crippen LogP contribution in [-0.4, -0.2) is 47.4 Å². The fourth-order valence-corrected chi connectivity index (χ4v) is 5.56. The molecule has 1 aliphatic heterocycles. The minimum Gasteiger partial charge on any atom is -0.496 e. The predicted molar refractivity (Wildman–Crippen MR) is 154 cm³/mol. The van der Waals surface area contributed by atoms with Crippen molar-refractivity contribution in [3.05, 3.63) is 59.9 Å². The number of benzene rings is 2. The van der Waals surface area contributed by atoms with E-state index < -0.39 is 0 Å². The molecule has 1 saturated heterocycles. The molecule has 0 amide bonds. The first-order chi connectivity index (χ1) is 18.8. The molecule has 0 bridgehead atoms. The van der Waals surface area contributed by atoms with Gasteiger partial charge in [-0.15, -0.1) is 5.10 Å². The van der Waals surface area contributed by atoms with Gasteiger partial charge < -0.3 is 19.9 Å². The molecule has 1 aliphatic rings. The first kappa shape index (κ1) is 26.9. The van der Waals surface area contributed by atoms with Crippen LogP contribution >= 0.6 is 0 Å². The predicted octanol–water partition coefficient (Wildman–Crippen LogP) is 5.99. The molecule has 1 fully saturated rings. The van der Waals surface area contributed by atoms with E-state index in [-0.39, 0.29) is 11.3 Å². The smallest absolute Gasteiger partial charge is 0.129 e. The second-order valence-electron chi connectivity index (χ2n) is 11.4. The van der Waals surface area contributed by atoms with E-state index >= 15 is 0 Å². The number of rotatable bonds is 8. The van der Waals surface area contributed by atoms with E-state index in [1.165, 1.54) is 0 Å². The van der Waals surface area contributed by atoms with Crippen LogP contribution in [0, 0.1) is 5.92 Å². The summed E-state index contributed by atoms with van der Waals surface area (Å²) in [4.78, 5) is 4.87. The lowest BCUT2D eigenvalue weighted by Gasteiger charge is -2.31. The third-order valence-corrected chi connectivity index (χ3v) is 7.80. The Morgan fingerprint density at radius 3 is 2.46 bits per heavy atom. The van der Waals surface area contributed by atoms with Gasteiger partial charge in [0.25, 0.3) is 0 Å². The standard InChI is InChI=1S/C31H39N5O3/c1-31(2,3)29-19-36(35-34-29)13-10-22(20-11-14-39-15-12-20)25-17-21-16-24(23-8-6-7-9-27(23)37-4)28(38-5)18-26(21)33-30(25)32/h6-9,16-20,22H,10-15H2,1-5H3,(H2,32,33). The van der Waals surface area contributed by atoms with Crippen molar-refractivity contribution in [2.45, 2.75) is 57.9 Å². The second-order valence-corrected chi connectivity index (χ2v) is 11.4. The van der Waals surface area contributed by atoms with Gasteiger partial charge in [-0.05, 0) is 54.9 Å². The molecule has 1 atom stereocenters. The highest BCUT2D eigenvalue weighted by Crippen LogP contribution is 2.42. The van der Waals surface area contributed by atoms with Crippen LogP contribution in [0.2, 0.25) is 0 Å². The van der Waals surface area contributed by atoms with Crippen molar-refractivity contribution in [1.82, 2.24) is 20.0 Å². The summed E-state index contributed by atoms with van der Waals surface area (Å²) in [6, 6.07) is 14.3. The summed E-state index contributed by atoms with van der Waals surface area (Å²) < 4.78 is 19.1. The molecule has 0 radical (unpaired) electrons. The molecular formula is C31H39N5O3. The number of hydrogen-bond donors (Lipinski definition) is 1. The number of aryl methyl sites for hydroxylation is 1. The highest BCUT2D eigenvalue weighted by Gasteiger charge is 2.28. The van der Waals surface area contributed by atoms with E-state index in [9.17, 15) is 0 Å². The van der Waals surface area contributed by atoms with Crippen molar-refractivity contribution in [1.29, 1.82) is 0 Å². The Morgan fingerprint density at radius 1 is 1.03 bits per heavy atom. The average molecular weight is 530 g/mol. The zero-order chi connectivity index (χ0) is 27.6. The number of hydrogen-bond acceptors (Lipinski definition) is 7. The molecule has 206 valence electrons. The van der Waals surface area contributed by atoms with Crippen molar-refractivity contribution in [3.63, 3.8) is 0 Å². The number of anilines is 1. The molecule has 0 saturated carbocycles. The van der Waals surface area contributed by atoms with Gasteiger partial charge in [0.2, 0.25) is 0 Å². The minimum absolute atomic E-state index is 0.0365. The Kier molecular flexibility index (Phi) is 7.75. The van der Waals surface area contributed by atoms with Crippen molar-refractivity contribution in [3.8, 4) is 22.6 Å². The summed E-state index contributed by atoms with van der Waals surface area (Å²) in [6.45, 7) is 8.77. The molecule has 1 unspecified atom stereocenters. The first-order valence-electron chi connectivity index (χ1n) is 13.7. The number of nitrogens with zero attached hydrogens (tertiary/aromatic N) is 4. The van der Waals surface area contributed by atoms with Crippen LogP contribution < -0.4 is 15.2 Å². The van der Waals surface area contributed by atoms with Crippen LogP contribution in [0.25, 0.3) is 22.0 Å². The second kappa shape index (κ2) is 11.2. The third-order valence-electron chi connectivity index (χ3n) is 7.80. The monoisotopic (exact) mass is 529 g/mol. The van der Waals surface area contributed by atoms with Crippen LogP contribution in [0.1, 0.15) is 57.2 Å². The summed E-state index contributed by atoms with van der Waals surface area (Å²) in [6.07, 6.45) is 4.96. The quantitative estimate of drug-likeness (QED) is 0.299. The van der Waals surface area contributed by atoms with Crippen LogP contribution in [0.5, 0.6) is 11.5 Å². The largest absolute Gasteiger partial charge is 0.496 e. The molecule has 0 spiro atoms. The SMILES string of the molecule is COc1ccccc1-c1cc2cc(C(CCn3cc(C(C)(C)C)nn3)C3CCOCC3)c(N)nc2cc1OC. The number of ether oxygens (including phenoxy) is 3. The van der Waals surface area contributed by atoms with Gasteiger partial charge in [0, 0.05) is 53.9 Å². The van der Waals surface area contributed by atoms with Gasteiger partial charge in [-0.25, -0.2) is 4.98 Å². The van der Waals surface area contributed by atoms with Crippen LogP contribution in [0.3, 0.4) is 0 Å². The summed E-state index contributed by atoms with van der Waals surface area (Å²) in [5.74, 6) is 2.78. The molecule has 5 rings (SSSR count). The zero-order valence-electron chi connectivity index (χ0n) is 23.6. The molecular weight excluding hydrogens is 490 g/mol. The number of pyridine rings is 1. The maximum atomic E-state index is 6.67. The van der Waals surface area contributed by atoms with Crippen molar-refractivity contribution >= 4 is 16.7 Å². The van der Waals surface area contributed by atoms with Gasteiger partial charge in [0.05, 0.1) is 25.4 Å². The molecule has 4 aromatic rings. The van der Waals surface area contributed by atoms with Crippen molar-refractivity contribution in [2.75, 3.05) is 33.2 Å². The van der Waals surface area contributed by atoms with E-state index in [0.717, 1.165) is 83.8 Å². The van der Waals surface area contributed by atoms with E-state index in [4.69, 9.17) is 24.9 Å². The van der Waals surface area contributed by atoms with Crippen molar-refractivity contribution < 1.29 is 14.2 Å².